The molecule has 0 saturated carbocycles. The van der Waals surface area contributed by atoms with Gasteiger partial charge in [0.1, 0.15) is 0 Å². The Balaban J connectivity index is 1.84. The van der Waals surface area contributed by atoms with Crippen molar-refractivity contribution in [2.24, 2.45) is 0 Å². The van der Waals surface area contributed by atoms with E-state index in [9.17, 15) is 0 Å². The van der Waals surface area contributed by atoms with Gasteiger partial charge in [0.15, 0.2) is 0 Å². The maximum absolute atomic E-state index is 4.41. The van der Waals surface area contributed by atoms with Crippen molar-refractivity contribution in [3.63, 3.8) is 0 Å². The van der Waals surface area contributed by atoms with Crippen molar-refractivity contribution in [1.82, 2.24) is 4.98 Å². The van der Waals surface area contributed by atoms with Crippen molar-refractivity contribution < 1.29 is 0 Å². The van der Waals surface area contributed by atoms with Crippen LogP contribution in [0.5, 0.6) is 0 Å². The molecule has 1 unspecified atom stereocenters. The quantitative estimate of drug-likeness (QED) is 0.243. The Morgan fingerprint density at radius 2 is 1.36 bits per heavy atom. The Bertz CT molecular complexity index is 339. The second-order valence-corrected chi connectivity index (χ2v) is 7.51. The molecule has 0 aliphatic carbocycles. The molecule has 1 atom stereocenters. The zero-order chi connectivity index (χ0) is 15.9. The Morgan fingerprint density at radius 1 is 0.818 bits per heavy atom. The maximum atomic E-state index is 4.41. The molecule has 0 aliphatic rings. The molecule has 0 N–H and O–H groups in total. The van der Waals surface area contributed by atoms with E-state index in [0.29, 0.717) is 4.83 Å². The predicted octanol–water partition coefficient (Wildman–Crippen LogP) is 7.61. The van der Waals surface area contributed by atoms with Gasteiger partial charge in [0.2, 0.25) is 0 Å². The van der Waals surface area contributed by atoms with Gasteiger partial charge in [-0.25, -0.2) is 0 Å². The van der Waals surface area contributed by atoms with E-state index in [1.807, 2.05) is 12.3 Å². The fraction of sp³-hybridized carbons (Fsp3) is 0.750. The molecule has 0 saturated heterocycles. The van der Waals surface area contributed by atoms with Gasteiger partial charge in [0, 0.05) is 6.20 Å². The van der Waals surface area contributed by atoms with Crippen LogP contribution in [-0.2, 0) is 0 Å². The molecule has 0 radical (unpaired) electrons. The summed E-state index contributed by atoms with van der Waals surface area (Å²) in [4.78, 5) is 4.83. The molecule has 2 heteroatoms. The van der Waals surface area contributed by atoms with Crippen LogP contribution in [0.1, 0.15) is 101 Å². The number of nitrogens with zero attached hydrogens (tertiary/aromatic N) is 1. The lowest BCUT2D eigenvalue weighted by Crippen LogP contribution is -1.93. The van der Waals surface area contributed by atoms with Crippen LogP contribution in [0.4, 0.5) is 0 Å². The normalized spacial score (nSPS) is 12.5. The first-order valence-electron chi connectivity index (χ1n) is 9.39. The molecular formula is C20H34BrN. The zero-order valence-corrected chi connectivity index (χ0v) is 16.0. The van der Waals surface area contributed by atoms with E-state index in [4.69, 9.17) is 0 Å². The highest BCUT2D eigenvalue weighted by Crippen LogP contribution is 2.27. The minimum absolute atomic E-state index is 0.428. The van der Waals surface area contributed by atoms with Gasteiger partial charge >= 0.3 is 0 Å². The molecule has 1 nitrogen and oxygen atoms in total. The summed E-state index contributed by atoms with van der Waals surface area (Å²) < 4.78 is 0. The van der Waals surface area contributed by atoms with E-state index < -0.39 is 0 Å². The summed E-state index contributed by atoms with van der Waals surface area (Å²) >= 11 is 3.75. The molecule has 1 aromatic rings. The van der Waals surface area contributed by atoms with Crippen LogP contribution in [0.2, 0.25) is 0 Å². The second kappa shape index (κ2) is 14.2. The minimum atomic E-state index is 0.428. The largest absolute Gasteiger partial charge is 0.260 e. The van der Waals surface area contributed by atoms with Crippen LogP contribution in [0.3, 0.4) is 0 Å². The summed E-state index contributed by atoms with van der Waals surface area (Å²) in [6.07, 6.45) is 20.0. The van der Waals surface area contributed by atoms with Gasteiger partial charge < -0.3 is 0 Å². The fourth-order valence-corrected chi connectivity index (χ4v) is 3.47. The lowest BCUT2D eigenvalue weighted by atomic mass is 10.0. The van der Waals surface area contributed by atoms with Crippen LogP contribution in [0, 0.1) is 0 Å². The minimum Gasteiger partial charge on any atom is -0.260 e. The summed E-state index contributed by atoms with van der Waals surface area (Å²) in [6.45, 7) is 2.29. The SMILES string of the molecule is CCCCCCCCCCCCCCC(Br)c1ccccn1. The van der Waals surface area contributed by atoms with Gasteiger partial charge in [-0.3, -0.25) is 4.98 Å². The summed E-state index contributed by atoms with van der Waals surface area (Å²) in [6, 6.07) is 6.16. The van der Waals surface area contributed by atoms with Crippen LogP contribution >= 0.6 is 15.9 Å². The summed E-state index contributed by atoms with van der Waals surface area (Å²) in [5.74, 6) is 0. The Morgan fingerprint density at radius 3 is 1.86 bits per heavy atom. The topological polar surface area (TPSA) is 12.9 Å². The number of aromatic nitrogens is 1. The smallest absolute Gasteiger partial charge is 0.0568 e. The number of rotatable bonds is 14. The number of hydrogen-bond acceptors (Lipinski definition) is 1. The van der Waals surface area contributed by atoms with E-state index in [0.717, 1.165) is 0 Å². The van der Waals surface area contributed by atoms with Gasteiger partial charge in [0.05, 0.1) is 10.5 Å². The molecular weight excluding hydrogens is 334 g/mol. The third kappa shape index (κ3) is 10.4. The Kier molecular flexibility index (Phi) is 12.7. The van der Waals surface area contributed by atoms with Crippen molar-refractivity contribution in [3.05, 3.63) is 30.1 Å². The van der Waals surface area contributed by atoms with Crippen molar-refractivity contribution in [3.8, 4) is 0 Å². The monoisotopic (exact) mass is 367 g/mol. The van der Waals surface area contributed by atoms with Crippen LogP contribution in [0.15, 0.2) is 24.4 Å². The molecule has 1 rings (SSSR count). The summed E-state index contributed by atoms with van der Waals surface area (Å²) in [5, 5.41) is 0. The zero-order valence-electron chi connectivity index (χ0n) is 14.4. The maximum Gasteiger partial charge on any atom is 0.0568 e. The number of halogens is 1. The number of pyridine rings is 1. The average molecular weight is 368 g/mol. The highest BCUT2D eigenvalue weighted by atomic mass is 79.9. The molecule has 1 aromatic heterocycles. The molecule has 0 aromatic carbocycles. The van der Waals surface area contributed by atoms with Crippen molar-refractivity contribution in [2.75, 3.05) is 0 Å². The molecule has 126 valence electrons. The highest BCUT2D eigenvalue weighted by molar-refractivity contribution is 9.09. The lowest BCUT2D eigenvalue weighted by Gasteiger charge is -2.08. The number of alkyl halides is 1. The summed E-state index contributed by atoms with van der Waals surface area (Å²) in [7, 11) is 0. The van der Waals surface area contributed by atoms with E-state index in [2.05, 4.69) is 40.0 Å². The van der Waals surface area contributed by atoms with E-state index in [1.165, 1.54) is 89.2 Å². The second-order valence-electron chi connectivity index (χ2n) is 6.40. The summed E-state index contributed by atoms with van der Waals surface area (Å²) in [5.41, 5.74) is 1.17. The van der Waals surface area contributed by atoms with Gasteiger partial charge in [-0.1, -0.05) is 106 Å². The van der Waals surface area contributed by atoms with Gasteiger partial charge in [-0.15, -0.1) is 0 Å². The highest BCUT2D eigenvalue weighted by Gasteiger charge is 2.07. The average Bonchev–Trinajstić information content (AvgIpc) is 2.56. The van der Waals surface area contributed by atoms with E-state index in [1.54, 1.807) is 0 Å². The third-order valence-corrected chi connectivity index (χ3v) is 5.25. The van der Waals surface area contributed by atoms with Crippen molar-refractivity contribution in [1.29, 1.82) is 0 Å². The van der Waals surface area contributed by atoms with Gasteiger partial charge in [-0.2, -0.15) is 0 Å². The fourth-order valence-electron chi connectivity index (χ4n) is 2.87. The van der Waals surface area contributed by atoms with Crippen LogP contribution < -0.4 is 0 Å². The molecule has 0 amide bonds. The van der Waals surface area contributed by atoms with Crippen LogP contribution in [0.25, 0.3) is 0 Å². The molecule has 0 fully saturated rings. The van der Waals surface area contributed by atoms with Crippen molar-refractivity contribution in [2.45, 2.75) is 95.2 Å². The third-order valence-electron chi connectivity index (χ3n) is 4.32. The molecule has 22 heavy (non-hydrogen) atoms. The van der Waals surface area contributed by atoms with E-state index in [-0.39, 0.29) is 0 Å². The lowest BCUT2D eigenvalue weighted by molar-refractivity contribution is 0.538. The van der Waals surface area contributed by atoms with E-state index >= 15 is 0 Å². The van der Waals surface area contributed by atoms with Gasteiger partial charge in [-0.05, 0) is 18.6 Å². The Hall–Kier alpha value is -0.370. The first-order chi connectivity index (χ1) is 10.8. The Labute approximate surface area is 146 Å². The molecule has 1 heterocycles. The van der Waals surface area contributed by atoms with Crippen molar-refractivity contribution >= 4 is 15.9 Å². The standard InChI is InChI=1S/C20H34BrN/c1-2-3-4-5-6-7-8-9-10-11-12-13-16-19(21)20-17-14-15-18-22-20/h14-15,17-19H,2-13,16H2,1H3. The molecule has 0 bridgehead atoms. The molecule has 0 spiro atoms. The molecule has 0 aliphatic heterocycles. The number of hydrogen-bond donors (Lipinski definition) is 0. The predicted molar refractivity (Wildman–Crippen MR) is 102 cm³/mol. The first-order valence-corrected chi connectivity index (χ1v) is 10.3. The van der Waals surface area contributed by atoms with Gasteiger partial charge in [0.25, 0.3) is 0 Å². The first kappa shape index (κ1) is 19.7. The van der Waals surface area contributed by atoms with Crippen LogP contribution in [-0.4, -0.2) is 4.98 Å². The number of unbranched alkanes of at least 4 members (excludes halogenated alkanes) is 11.